The van der Waals surface area contributed by atoms with Crippen LogP contribution < -0.4 is 5.32 Å². The highest BCUT2D eigenvalue weighted by Crippen LogP contribution is 1.96. The largest absolute Gasteiger partial charge is 0.382 e. The first kappa shape index (κ1) is 12.6. The number of likely N-dealkylation sites (N-methyl/N-ethyl adjacent to an activating group) is 1. The molecule has 0 aliphatic rings. The van der Waals surface area contributed by atoms with Gasteiger partial charge >= 0.3 is 0 Å². The van der Waals surface area contributed by atoms with E-state index in [0.29, 0.717) is 6.61 Å². The molecule has 0 rings (SSSR count). The molecule has 0 aliphatic heterocycles. The summed E-state index contributed by atoms with van der Waals surface area (Å²) in [4.78, 5) is 0. The maximum atomic E-state index is 5.59. The molecule has 0 heterocycles. The van der Waals surface area contributed by atoms with Crippen LogP contribution in [0.2, 0.25) is 0 Å². The van der Waals surface area contributed by atoms with Crippen molar-refractivity contribution in [2.45, 2.75) is 18.9 Å². The molecule has 0 radical (unpaired) electrons. The van der Waals surface area contributed by atoms with E-state index in [1.54, 1.807) is 7.11 Å². The fourth-order valence-electron chi connectivity index (χ4n) is 1.06. The van der Waals surface area contributed by atoms with Crippen molar-refractivity contribution in [3.05, 3.63) is 12.7 Å². The van der Waals surface area contributed by atoms with Crippen LogP contribution in [0.4, 0.5) is 0 Å². The second-order valence-corrected chi connectivity index (χ2v) is 2.94. The van der Waals surface area contributed by atoms with Crippen molar-refractivity contribution >= 4 is 0 Å². The van der Waals surface area contributed by atoms with E-state index in [9.17, 15) is 0 Å². The topological polar surface area (TPSA) is 30.5 Å². The molecule has 0 bridgehead atoms. The molecule has 0 saturated carbocycles. The molecule has 1 atom stereocenters. The van der Waals surface area contributed by atoms with E-state index >= 15 is 0 Å². The van der Waals surface area contributed by atoms with E-state index in [2.05, 4.69) is 11.9 Å². The summed E-state index contributed by atoms with van der Waals surface area (Å²) in [6, 6.07) is 0. The zero-order chi connectivity index (χ0) is 9.94. The maximum Gasteiger partial charge on any atom is 0.0932 e. The Balaban J connectivity index is 3.37. The first-order chi connectivity index (χ1) is 6.35. The van der Waals surface area contributed by atoms with E-state index in [1.807, 2.05) is 13.1 Å². The van der Waals surface area contributed by atoms with Gasteiger partial charge in [-0.1, -0.05) is 6.08 Å². The third-order valence-corrected chi connectivity index (χ3v) is 1.69. The lowest BCUT2D eigenvalue weighted by atomic mass is 10.3. The fourth-order valence-corrected chi connectivity index (χ4v) is 1.06. The Bertz CT molecular complexity index is 111. The normalized spacial score (nSPS) is 12.8. The second kappa shape index (κ2) is 9.71. The number of allylic oxidation sites excluding steroid dienone is 1. The van der Waals surface area contributed by atoms with Crippen molar-refractivity contribution in [1.82, 2.24) is 5.32 Å². The molecule has 1 N–H and O–H groups in total. The van der Waals surface area contributed by atoms with Crippen LogP contribution in [0.5, 0.6) is 0 Å². The lowest BCUT2D eigenvalue weighted by Crippen LogP contribution is -2.30. The summed E-state index contributed by atoms with van der Waals surface area (Å²) in [5.74, 6) is 0. The van der Waals surface area contributed by atoms with Gasteiger partial charge in [0.2, 0.25) is 0 Å². The molecule has 0 aromatic rings. The first-order valence-electron chi connectivity index (χ1n) is 4.71. The molecule has 0 amide bonds. The Kier molecular flexibility index (Phi) is 9.42. The van der Waals surface area contributed by atoms with Crippen molar-refractivity contribution in [3.63, 3.8) is 0 Å². The molecule has 3 nitrogen and oxygen atoms in total. The minimum atomic E-state index is 0.166. The smallest absolute Gasteiger partial charge is 0.0932 e. The van der Waals surface area contributed by atoms with Gasteiger partial charge in [-0.25, -0.2) is 0 Å². The summed E-state index contributed by atoms with van der Waals surface area (Å²) in [6.45, 7) is 5.92. The Hall–Kier alpha value is -0.380. The average Bonchev–Trinajstić information content (AvgIpc) is 2.13. The number of ether oxygens (including phenoxy) is 2. The van der Waals surface area contributed by atoms with E-state index in [4.69, 9.17) is 9.47 Å². The van der Waals surface area contributed by atoms with Crippen LogP contribution >= 0.6 is 0 Å². The van der Waals surface area contributed by atoms with Gasteiger partial charge in [0.15, 0.2) is 0 Å². The molecular formula is C10H21NO2. The summed E-state index contributed by atoms with van der Waals surface area (Å²) >= 11 is 0. The monoisotopic (exact) mass is 187 g/mol. The number of methoxy groups -OCH3 is 1. The number of hydrogen-bond acceptors (Lipinski definition) is 3. The highest BCUT2D eigenvalue weighted by atomic mass is 16.5. The van der Waals surface area contributed by atoms with E-state index < -0.39 is 0 Å². The molecule has 0 aliphatic carbocycles. The van der Waals surface area contributed by atoms with Gasteiger partial charge in [0.1, 0.15) is 0 Å². The van der Waals surface area contributed by atoms with Crippen LogP contribution in [0.15, 0.2) is 12.7 Å². The van der Waals surface area contributed by atoms with Gasteiger partial charge in [0.25, 0.3) is 0 Å². The van der Waals surface area contributed by atoms with Crippen LogP contribution in [0.3, 0.4) is 0 Å². The van der Waals surface area contributed by atoms with Gasteiger partial charge in [0, 0.05) is 20.3 Å². The molecule has 0 fully saturated rings. The zero-order valence-electron chi connectivity index (χ0n) is 8.71. The summed E-state index contributed by atoms with van der Waals surface area (Å²) in [6.07, 6.45) is 4.12. The van der Waals surface area contributed by atoms with E-state index in [0.717, 1.165) is 26.0 Å². The zero-order valence-corrected chi connectivity index (χ0v) is 8.71. The van der Waals surface area contributed by atoms with Crippen molar-refractivity contribution in [2.24, 2.45) is 0 Å². The summed E-state index contributed by atoms with van der Waals surface area (Å²) in [5, 5.41) is 3.07. The van der Waals surface area contributed by atoms with Gasteiger partial charge in [0.05, 0.1) is 12.7 Å². The van der Waals surface area contributed by atoms with Crippen molar-refractivity contribution < 1.29 is 9.47 Å². The summed E-state index contributed by atoms with van der Waals surface area (Å²) in [7, 11) is 3.60. The second-order valence-electron chi connectivity index (χ2n) is 2.94. The number of hydrogen-bond donors (Lipinski definition) is 1. The van der Waals surface area contributed by atoms with E-state index in [-0.39, 0.29) is 6.10 Å². The Morgan fingerprint density at radius 3 is 2.85 bits per heavy atom. The first-order valence-corrected chi connectivity index (χ1v) is 4.71. The summed E-state index contributed by atoms with van der Waals surface area (Å²) < 4.78 is 10.6. The fraction of sp³-hybridized carbons (Fsp3) is 0.800. The maximum absolute atomic E-state index is 5.59. The van der Waals surface area contributed by atoms with Crippen molar-refractivity contribution in [3.8, 4) is 0 Å². The number of rotatable bonds is 9. The highest BCUT2D eigenvalue weighted by molar-refractivity contribution is 4.66. The highest BCUT2D eigenvalue weighted by Gasteiger charge is 2.06. The quantitative estimate of drug-likeness (QED) is 0.434. The molecule has 78 valence electrons. The molecular weight excluding hydrogens is 166 g/mol. The predicted octanol–water partition coefficient (Wildman–Crippen LogP) is 1.20. The van der Waals surface area contributed by atoms with Gasteiger partial charge in [-0.05, 0) is 19.9 Å². The molecule has 1 unspecified atom stereocenters. The van der Waals surface area contributed by atoms with Crippen LogP contribution in [0.1, 0.15) is 12.8 Å². The van der Waals surface area contributed by atoms with Gasteiger partial charge in [-0.3, -0.25) is 0 Å². The Labute approximate surface area is 81.1 Å². The van der Waals surface area contributed by atoms with Crippen molar-refractivity contribution in [2.75, 3.05) is 33.9 Å². The molecule has 0 aromatic carbocycles. The minimum Gasteiger partial charge on any atom is -0.382 e. The van der Waals surface area contributed by atoms with Crippen LogP contribution in [-0.4, -0.2) is 40.0 Å². The van der Waals surface area contributed by atoms with E-state index in [1.165, 1.54) is 0 Å². The molecule has 0 aromatic heterocycles. The molecule has 13 heavy (non-hydrogen) atoms. The minimum absolute atomic E-state index is 0.166. The van der Waals surface area contributed by atoms with Crippen LogP contribution in [-0.2, 0) is 9.47 Å². The van der Waals surface area contributed by atoms with Crippen molar-refractivity contribution in [1.29, 1.82) is 0 Å². The van der Waals surface area contributed by atoms with Gasteiger partial charge < -0.3 is 14.8 Å². The SMILES string of the molecule is C=CCCCOC(CNC)COC. The van der Waals surface area contributed by atoms with Gasteiger partial charge in [-0.15, -0.1) is 6.58 Å². The standard InChI is InChI=1S/C10H21NO2/c1-4-5-6-7-13-10(8-11-2)9-12-3/h4,10-11H,1,5-9H2,2-3H3. The van der Waals surface area contributed by atoms with Gasteiger partial charge in [-0.2, -0.15) is 0 Å². The Morgan fingerprint density at radius 1 is 1.54 bits per heavy atom. The third-order valence-electron chi connectivity index (χ3n) is 1.69. The average molecular weight is 187 g/mol. The Morgan fingerprint density at radius 2 is 2.31 bits per heavy atom. The molecule has 0 saturated heterocycles. The molecule has 3 heteroatoms. The molecule has 0 spiro atoms. The summed E-state index contributed by atoms with van der Waals surface area (Å²) in [5.41, 5.74) is 0. The lowest BCUT2D eigenvalue weighted by molar-refractivity contribution is -0.000628. The van der Waals surface area contributed by atoms with Crippen LogP contribution in [0, 0.1) is 0 Å². The number of nitrogens with one attached hydrogen (secondary N) is 1. The third kappa shape index (κ3) is 7.96. The van der Waals surface area contributed by atoms with Crippen LogP contribution in [0.25, 0.3) is 0 Å². The predicted molar refractivity (Wildman–Crippen MR) is 55.0 cm³/mol. The lowest BCUT2D eigenvalue weighted by Gasteiger charge is -2.16. The number of unbranched alkanes of at least 4 members (excludes halogenated alkanes) is 1.